The highest BCUT2D eigenvalue weighted by Crippen LogP contribution is 2.39. The lowest BCUT2D eigenvalue weighted by molar-refractivity contribution is -0.123. The number of rotatable bonds is 6. The summed E-state index contributed by atoms with van der Waals surface area (Å²) in [6.45, 7) is 2.27. The number of thioether (sulfide) groups is 1. The minimum atomic E-state index is -0.483. The van der Waals surface area contributed by atoms with Crippen molar-refractivity contribution in [2.24, 2.45) is 0 Å². The standard InChI is InChI=1S/C20H16BrClFNO4S/c1-3-28-16-7-11(6-14(21)18(16)27-2)8-17-19(25)24(20(26)29-17)10-12-4-5-13(23)9-15(12)22/h4-9H,3,10H2,1-2H3/b17-8+. The Kier molecular flexibility index (Phi) is 6.87. The van der Waals surface area contributed by atoms with Gasteiger partial charge in [-0.2, -0.15) is 0 Å². The van der Waals surface area contributed by atoms with Crippen LogP contribution in [-0.4, -0.2) is 29.8 Å². The summed E-state index contributed by atoms with van der Waals surface area (Å²) in [6.07, 6.45) is 1.61. The molecule has 5 nitrogen and oxygen atoms in total. The molecule has 3 rings (SSSR count). The SMILES string of the molecule is CCOc1cc(/C=C2/SC(=O)N(Cc3ccc(F)cc3Cl)C2=O)cc(Br)c1OC. The molecule has 2 amide bonds. The molecule has 29 heavy (non-hydrogen) atoms. The van der Waals surface area contributed by atoms with Gasteiger partial charge in [0.05, 0.1) is 29.6 Å². The number of nitrogens with zero attached hydrogens (tertiary/aromatic N) is 1. The monoisotopic (exact) mass is 499 g/mol. The summed E-state index contributed by atoms with van der Waals surface area (Å²) in [5.74, 6) is 0.143. The van der Waals surface area contributed by atoms with Crippen LogP contribution in [0.3, 0.4) is 0 Å². The fraction of sp³-hybridized carbons (Fsp3) is 0.200. The van der Waals surface area contributed by atoms with Crippen LogP contribution in [-0.2, 0) is 11.3 Å². The third-order valence-electron chi connectivity index (χ3n) is 4.05. The number of benzene rings is 2. The number of imide groups is 1. The molecule has 0 spiro atoms. The van der Waals surface area contributed by atoms with Gasteiger partial charge in [-0.15, -0.1) is 0 Å². The average Bonchev–Trinajstić information content (AvgIpc) is 2.91. The quantitative estimate of drug-likeness (QED) is 0.463. The topological polar surface area (TPSA) is 55.8 Å². The van der Waals surface area contributed by atoms with E-state index in [9.17, 15) is 14.0 Å². The second-order valence-electron chi connectivity index (χ2n) is 5.97. The lowest BCUT2D eigenvalue weighted by Crippen LogP contribution is -2.27. The fourth-order valence-electron chi connectivity index (χ4n) is 2.74. The minimum absolute atomic E-state index is 0.0301. The maximum atomic E-state index is 13.2. The van der Waals surface area contributed by atoms with Gasteiger partial charge in [0.1, 0.15) is 5.82 Å². The predicted molar refractivity (Wildman–Crippen MR) is 115 cm³/mol. The number of hydrogen-bond acceptors (Lipinski definition) is 5. The van der Waals surface area contributed by atoms with Gasteiger partial charge in [-0.05, 0) is 76.1 Å². The zero-order chi connectivity index (χ0) is 21.1. The van der Waals surface area contributed by atoms with E-state index in [1.54, 1.807) is 18.2 Å². The zero-order valence-corrected chi connectivity index (χ0v) is 18.7. The number of ether oxygens (including phenoxy) is 2. The van der Waals surface area contributed by atoms with Crippen molar-refractivity contribution >= 4 is 56.5 Å². The second kappa shape index (κ2) is 9.19. The highest BCUT2D eigenvalue weighted by Gasteiger charge is 2.35. The van der Waals surface area contributed by atoms with Gasteiger partial charge >= 0.3 is 0 Å². The normalized spacial score (nSPS) is 15.3. The molecule has 152 valence electrons. The molecule has 1 heterocycles. The van der Waals surface area contributed by atoms with Crippen molar-refractivity contribution in [3.05, 3.63) is 61.7 Å². The maximum absolute atomic E-state index is 13.2. The van der Waals surface area contributed by atoms with Crippen molar-refractivity contribution in [3.8, 4) is 11.5 Å². The van der Waals surface area contributed by atoms with E-state index in [0.29, 0.717) is 33.7 Å². The summed E-state index contributed by atoms with van der Waals surface area (Å²) >= 11 is 10.3. The van der Waals surface area contributed by atoms with Crippen molar-refractivity contribution < 1.29 is 23.5 Å². The number of carbonyl (C=O) groups is 2. The first-order valence-electron chi connectivity index (χ1n) is 8.53. The Labute approximate surface area is 184 Å². The van der Waals surface area contributed by atoms with Crippen molar-refractivity contribution in [1.29, 1.82) is 0 Å². The van der Waals surface area contributed by atoms with E-state index in [4.69, 9.17) is 21.1 Å². The predicted octanol–water partition coefficient (Wildman–Crippen LogP) is 5.89. The third kappa shape index (κ3) is 4.76. The Balaban J connectivity index is 1.88. The van der Waals surface area contributed by atoms with Crippen molar-refractivity contribution in [2.45, 2.75) is 13.5 Å². The summed E-state index contributed by atoms with van der Waals surface area (Å²) in [5, 5.41) is -0.257. The van der Waals surface area contributed by atoms with Crippen LogP contribution in [0.15, 0.2) is 39.7 Å². The summed E-state index contributed by atoms with van der Waals surface area (Å²) in [7, 11) is 1.54. The third-order valence-corrected chi connectivity index (χ3v) is 5.90. The van der Waals surface area contributed by atoms with Crippen LogP contribution >= 0.6 is 39.3 Å². The summed E-state index contributed by atoms with van der Waals surface area (Å²) in [6, 6.07) is 7.35. The molecular formula is C20H16BrClFNO4S. The van der Waals surface area contributed by atoms with Gasteiger partial charge in [0.25, 0.3) is 11.1 Å². The van der Waals surface area contributed by atoms with Crippen LogP contribution in [0.5, 0.6) is 11.5 Å². The molecule has 0 N–H and O–H groups in total. The Bertz CT molecular complexity index is 1010. The number of amides is 2. The molecular weight excluding hydrogens is 485 g/mol. The highest BCUT2D eigenvalue weighted by atomic mass is 79.9. The highest BCUT2D eigenvalue weighted by molar-refractivity contribution is 9.10. The van der Waals surface area contributed by atoms with Crippen LogP contribution in [0.4, 0.5) is 9.18 Å². The largest absolute Gasteiger partial charge is 0.492 e. The van der Waals surface area contributed by atoms with Crippen LogP contribution in [0.25, 0.3) is 6.08 Å². The van der Waals surface area contributed by atoms with Gasteiger partial charge in [0.15, 0.2) is 11.5 Å². The first-order valence-corrected chi connectivity index (χ1v) is 10.5. The molecule has 0 aliphatic carbocycles. The molecule has 2 aromatic rings. The van der Waals surface area contributed by atoms with Crippen molar-refractivity contribution in [3.63, 3.8) is 0 Å². The molecule has 0 saturated carbocycles. The smallest absolute Gasteiger partial charge is 0.293 e. The molecule has 0 unspecified atom stereocenters. The van der Waals surface area contributed by atoms with E-state index in [-0.39, 0.29) is 16.5 Å². The van der Waals surface area contributed by atoms with Crippen LogP contribution in [0.1, 0.15) is 18.1 Å². The number of carbonyl (C=O) groups excluding carboxylic acids is 2. The van der Waals surface area contributed by atoms with E-state index in [0.717, 1.165) is 22.7 Å². The Morgan fingerprint density at radius 1 is 1.28 bits per heavy atom. The zero-order valence-electron chi connectivity index (χ0n) is 15.5. The Morgan fingerprint density at radius 2 is 2.03 bits per heavy atom. The first kappa shape index (κ1) is 21.7. The van der Waals surface area contributed by atoms with E-state index in [1.165, 1.54) is 19.2 Å². The Morgan fingerprint density at radius 3 is 2.69 bits per heavy atom. The molecule has 1 aliphatic rings. The van der Waals surface area contributed by atoms with Crippen molar-refractivity contribution in [1.82, 2.24) is 4.90 Å². The lowest BCUT2D eigenvalue weighted by atomic mass is 10.1. The van der Waals surface area contributed by atoms with E-state index in [1.807, 2.05) is 6.92 Å². The number of methoxy groups -OCH3 is 1. The molecule has 0 aromatic heterocycles. The van der Waals surface area contributed by atoms with E-state index >= 15 is 0 Å². The van der Waals surface area contributed by atoms with Gasteiger partial charge in [0.2, 0.25) is 0 Å². The molecule has 2 aromatic carbocycles. The van der Waals surface area contributed by atoms with Gasteiger partial charge in [-0.1, -0.05) is 17.7 Å². The van der Waals surface area contributed by atoms with E-state index in [2.05, 4.69) is 15.9 Å². The van der Waals surface area contributed by atoms with Crippen LogP contribution in [0.2, 0.25) is 5.02 Å². The lowest BCUT2D eigenvalue weighted by Gasteiger charge is -2.14. The molecule has 0 radical (unpaired) electrons. The summed E-state index contributed by atoms with van der Waals surface area (Å²) in [5.41, 5.74) is 1.16. The number of hydrogen-bond donors (Lipinski definition) is 0. The Hall–Kier alpha value is -2.03. The average molecular weight is 501 g/mol. The molecule has 1 aliphatic heterocycles. The molecule has 0 atom stereocenters. The number of halogens is 3. The molecule has 1 fully saturated rings. The van der Waals surface area contributed by atoms with Crippen LogP contribution in [0, 0.1) is 5.82 Å². The molecule has 0 bridgehead atoms. The second-order valence-corrected chi connectivity index (χ2v) is 8.23. The summed E-state index contributed by atoms with van der Waals surface area (Å²) < 4.78 is 24.8. The minimum Gasteiger partial charge on any atom is -0.492 e. The fourth-order valence-corrected chi connectivity index (χ4v) is 4.43. The maximum Gasteiger partial charge on any atom is 0.293 e. The summed E-state index contributed by atoms with van der Waals surface area (Å²) in [4.78, 5) is 26.5. The van der Waals surface area contributed by atoms with Crippen molar-refractivity contribution in [2.75, 3.05) is 13.7 Å². The van der Waals surface area contributed by atoms with Gasteiger partial charge in [0, 0.05) is 5.02 Å². The van der Waals surface area contributed by atoms with Crippen LogP contribution < -0.4 is 9.47 Å². The van der Waals surface area contributed by atoms with Gasteiger partial charge in [-0.3, -0.25) is 14.5 Å². The van der Waals surface area contributed by atoms with Gasteiger partial charge in [-0.25, -0.2) is 4.39 Å². The van der Waals surface area contributed by atoms with Gasteiger partial charge < -0.3 is 9.47 Å². The molecule has 9 heteroatoms. The first-order chi connectivity index (χ1) is 13.8. The molecule has 1 saturated heterocycles. The van der Waals surface area contributed by atoms with E-state index < -0.39 is 17.0 Å².